The van der Waals surface area contributed by atoms with E-state index in [1.54, 1.807) is 0 Å². The van der Waals surface area contributed by atoms with Crippen LogP contribution in [0.4, 0.5) is 0 Å². The Balaban J connectivity index is 2.69. The zero-order valence-corrected chi connectivity index (χ0v) is 9.39. The highest BCUT2D eigenvalue weighted by Gasteiger charge is 2.41. The Kier molecular flexibility index (Phi) is 2.47. The maximum Gasteiger partial charge on any atom is 0.294 e. The van der Waals surface area contributed by atoms with Crippen molar-refractivity contribution in [2.75, 3.05) is 27.2 Å². The summed E-state index contributed by atoms with van der Waals surface area (Å²) in [5, 5.41) is 0. The number of hydrogen-bond donors (Lipinski definition) is 0. The SMILES string of the molecule is CN1CCN(C)B1[Si](C)(C)C. The molecule has 0 radical (unpaired) electrons. The fourth-order valence-corrected chi connectivity index (χ4v) is 5.12. The Morgan fingerprint density at radius 2 is 1.36 bits per heavy atom. The van der Waals surface area contributed by atoms with Gasteiger partial charge in [-0.25, -0.2) is 0 Å². The summed E-state index contributed by atoms with van der Waals surface area (Å²) in [4.78, 5) is 4.98. The molecular weight excluding hydrogens is 151 g/mol. The van der Waals surface area contributed by atoms with E-state index >= 15 is 0 Å². The van der Waals surface area contributed by atoms with E-state index in [2.05, 4.69) is 43.4 Å². The van der Waals surface area contributed by atoms with Crippen LogP contribution in [-0.2, 0) is 0 Å². The van der Waals surface area contributed by atoms with Crippen LogP contribution in [0.5, 0.6) is 0 Å². The average Bonchev–Trinajstić information content (AvgIpc) is 2.08. The third-order valence-corrected chi connectivity index (χ3v) is 4.85. The summed E-state index contributed by atoms with van der Waals surface area (Å²) in [7, 11) is 3.49. The normalized spacial score (nSPS) is 23.2. The maximum absolute atomic E-state index is 2.49. The Hall–Kier alpha value is 0.202. The van der Waals surface area contributed by atoms with Crippen LogP contribution in [0.1, 0.15) is 0 Å². The second-order valence-electron chi connectivity index (χ2n) is 4.70. The van der Waals surface area contributed by atoms with E-state index in [-0.39, 0.29) is 0 Å². The first-order valence-electron chi connectivity index (χ1n) is 4.33. The first kappa shape index (κ1) is 9.29. The molecule has 1 aliphatic heterocycles. The molecule has 1 saturated heterocycles. The van der Waals surface area contributed by atoms with Gasteiger partial charge in [0.2, 0.25) is 0 Å². The fraction of sp³-hybridized carbons (Fsp3) is 1.00. The van der Waals surface area contributed by atoms with Gasteiger partial charge in [0, 0.05) is 0 Å². The lowest BCUT2D eigenvalue weighted by molar-refractivity contribution is 0.553. The predicted octanol–water partition coefficient (Wildman–Crippen LogP) is 0.768. The molecule has 64 valence electrons. The predicted molar refractivity (Wildman–Crippen MR) is 54.4 cm³/mol. The van der Waals surface area contributed by atoms with Crippen molar-refractivity contribution in [1.29, 1.82) is 0 Å². The van der Waals surface area contributed by atoms with Gasteiger partial charge < -0.3 is 9.62 Å². The quantitative estimate of drug-likeness (QED) is 0.536. The van der Waals surface area contributed by atoms with Gasteiger partial charge in [0.1, 0.15) is 0 Å². The van der Waals surface area contributed by atoms with Gasteiger partial charge in [-0.05, 0) is 27.2 Å². The third-order valence-electron chi connectivity index (χ3n) is 2.42. The first-order valence-corrected chi connectivity index (χ1v) is 7.91. The standard InChI is InChI=1S/C7H19BN2Si/c1-9-6-7-10(2)8(9)11(3,4)5/h6-7H2,1-5H3. The lowest BCUT2D eigenvalue weighted by Gasteiger charge is -2.31. The Morgan fingerprint density at radius 1 is 1.00 bits per heavy atom. The minimum Gasteiger partial charge on any atom is -0.332 e. The van der Waals surface area contributed by atoms with Crippen molar-refractivity contribution in [3.63, 3.8) is 0 Å². The van der Waals surface area contributed by atoms with Gasteiger partial charge >= 0.3 is 0 Å². The van der Waals surface area contributed by atoms with Crippen molar-refractivity contribution in [3.8, 4) is 0 Å². The molecule has 0 bridgehead atoms. The Labute approximate surface area is 71.6 Å². The minimum absolute atomic E-state index is 0.752. The van der Waals surface area contributed by atoms with Crippen LogP contribution in [0.3, 0.4) is 0 Å². The third kappa shape index (κ3) is 1.86. The molecule has 0 amide bonds. The molecule has 0 aromatic carbocycles. The van der Waals surface area contributed by atoms with E-state index in [1.165, 1.54) is 13.1 Å². The van der Waals surface area contributed by atoms with Gasteiger partial charge in [-0.15, -0.1) is 0 Å². The summed E-state index contributed by atoms with van der Waals surface area (Å²) in [5.74, 6) is 0. The molecule has 0 aromatic heterocycles. The van der Waals surface area contributed by atoms with Gasteiger partial charge in [-0.3, -0.25) is 0 Å². The molecule has 2 nitrogen and oxygen atoms in total. The summed E-state index contributed by atoms with van der Waals surface area (Å²) in [6, 6.07) is 0. The average molecular weight is 170 g/mol. The van der Waals surface area contributed by atoms with Crippen molar-refractivity contribution in [1.82, 2.24) is 9.62 Å². The van der Waals surface area contributed by atoms with E-state index in [1.807, 2.05) is 0 Å². The van der Waals surface area contributed by atoms with E-state index in [9.17, 15) is 0 Å². The lowest BCUT2D eigenvalue weighted by atomic mass is 10.1. The van der Waals surface area contributed by atoms with Crippen molar-refractivity contribution in [3.05, 3.63) is 0 Å². The molecule has 11 heavy (non-hydrogen) atoms. The maximum atomic E-state index is 2.49. The molecule has 0 aromatic rings. The summed E-state index contributed by atoms with van der Waals surface area (Å²) in [6.07, 6.45) is 0. The Morgan fingerprint density at radius 3 is 1.55 bits per heavy atom. The van der Waals surface area contributed by atoms with Crippen molar-refractivity contribution >= 4 is 14.5 Å². The zero-order chi connectivity index (χ0) is 8.65. The van der Waals surface area contributed by atoms with Crippen LogP contribution in [0.25, 0.3) is 0 Å². The van der Waals surface area contributed by atoms with Crippen LogP contribution in [0.2, 0.25) is 19.6 Å². The summed E-state index contributed by atoms with van der Waals surface area (Å²) < 4.78 is 0. The molecule has 0 unspecified atom stereocenters. The number of likely N-dealkylation sites (N-methyl/N-ethyl adjacent to an activating group) is 2. The largest absolute Gasteiger partial charge is 0.332 e. The number of hydrogen-bond acceptors (Lipinski definition) is 2. The lowest BCUT2D eigenvalue weighted by Crippen LogP contribution is -2.57. The van der Waals surface area contributed by atoms with E-state index in [0.717, 1.165) is 6.57 Å². The minimum atomic E-state index is -0.998. The first-order chi connectivity index (χ1) is 4.93. The molecule has 4 heteroatoms. The smallest absolute Gasteiger partial charge is 0.294 e. The molecule has 0 spiro atoms. The van der Waals surface area contributed by atoms with Gasteiger partial charge in [0.15, 0.2) is 0 Å². The molecule has 0 saturated carbocycles. The highest BCUT2D eigenvalue weighted by atomic mass is 28.3. The van der Waals surface area contributed by atoms with E-state index < -0.39 is 7.94 Å². The molecule has 0 aliphatic carbocycles. The molecular formula is C7H19BN2Si. The van der Waals surface area contributed by atoms with E-state index in [0.29, 0.717) is 0 Å². The van der Waals surface area contributed by atoms with Gasteiger partial charge in [-0.2, -0.15) is 0 Å². The molecule has 0 N–H and O–H groups in total. The molecule has 1 aliphatic rings. The fourth-order valence-electron chi connectivity index (χ4n) is 2.22. The van der Waals surface area contributed by atoms with Crippen LogP contribution >= 0.6 is 0 Å². The van der Waals surface area contributed by atoms with Crippen LogP contribution in [-0.4, -0.2) is 51.3 Å². The van der Waals surface area contributed by atoms with E-state index in [4.69, 9.17) is 0 Å². The topological polar surface area (TPSA) is 6.48 Å². The van der Waals surface area contributed by atoms with Gasteiger partial charge in [0.05, 0.1) is 7.94 Å². The van der Waals surface area contributed by atoms with Crippen LogP contribution in [0, 0.1) is 0 Å². The molecule has 1 heterocycles. The highest BCUT2D eigenvalue weighted by Crippen LogP contribution is 2.16. The van der Waals surface area contributed by atoms with Crippen molar-refractivity contribution in [2.24, 2.45) is 0 Å². The zero-order valence-electron chi connectivity index (χ0n) is 8.39. The summed E-state index contributed by atoms with van der Waals surface area (Å²) >= 11 is 0. The molecule has 1 rings (SSSR count). The molecule has 1 fully saturated rings. The monoisotopic (exact) mass is 170 g/mol. The Bertz CT molecular complexity index is 136. The number of nitrogens with zero attached hydrogens (tertiary/aromatic N) is 2. The second-order valence-corrected chi connectivity index (χ2v) is 9.95. The highest BCUT2D eigenvalue weighted by molar-refractivity contribution is 7.29. The van der Waals surface area contributed by atoms with Crippen LogP contribution < -0.4 is 0 Å². The van der Waals surface area contributed by atoms with Crippen LogP contribution in [0.15, 0.2) is 0 Å². The summed E-state index contributed by atoms with van der Waals surface area (Å²) in [6.45, 7) is 10.6. The van der Waals surface area contributed by atoms with Gasteiger partial charge in [-0.1, -0.05) is 19.6 Å². The van der Waals surface area contributed by atoms with Crippen molar-refractivity contribution < 1.29 is 0 Å². The molecule has 0 atom stereocenters. The van der Waals surface area contributed by atoms with Crippen molar-refractivity contribution in [2.45, 2.75) is 19.6 Å². The van der Waals surface area contributed by atoms with Gasteiger partial charge in [0.25, 0.3) is 6.57 Å². The summed E-state index contributed by atoms with van der Waals surface area (Å²) in [5.41, 5.74) is 0. The number of rotatable bonds is 1. The second kappa shape index (κ2) is 2.92.